The van der Waals surface area contributed by atoms with Crippen molar-refractivity contribution in [2.24, 2.45) is 0 Å². The highest BCUT2D eigenvalue weighted by molar-refractivity contribution is 5.88. The first-order chi connectivity index (χ1) is 14.0. The van der Waals surface area contributed by atoms with Gasteiger partial charge in [-0.1, -0.05) is 58.6 Å². The number of unbranched alkanes of at least 4 members (excludes halogenated alkanes) is 3. The summed E-state index contributed by atoms with van der Waals surface area (Å²) in [6.45, 7) is 9.25. The first kappa shape index (κ1) is 26.0. The zero-order valence-corrected chi connectivity index (χ0v) is 18.0. The quantitative estimate of drug-likeness (QED) is 0.401. The molecule has 2 aromatic rings. The lowest BCUT2D eigenvalue weighted by molar-refractivity contribution is 0.0695. The van der Waals surface area contributed by atoms with Crippen molar-refractivity contribution >= 4 is 11.7 Å². The smallest absolute Gasteiger partial charge is 0.341 e. The van der Waals surface area contributed by atoms with E-state index in [-0.39, 0.29) is 5.56 Å². The van der Waals surface area contributed by atoms with Crippen molar-refractivity contribution in [2.45, 2.75) is 59.8 Å². The summed E-state index contributed by atoms with van der Waals surface area (Å²) in [5, 5.41) is 12.2. The summed E-state index contributed by atoms with van der Waals surface area (Å²) in [6, 6.07) is 9.13. The second-order valence-electron chi connectivity index (χ2n) is 6.39. The van der Waals surface area contributed by atoms with E-state index in [1.54, 1.807) is 0 Å². The zero-order chi connectivity index (χ0) is 22.2. The Labute approximate surface area is 174 Å². The minimum Gasteiger partial charge on any atom is -0.477 e. The van der Waals surface area contributed by atoms with Crippen LogP contribution >= 0.6 is 0 Å². The highest BCUT2D eigenvalue weighted by Crippen LogP contribution is 2.23. The molecule has 1 aromatic heterocycles. The molecule has 0 aliphatic rings. The van der Waals surface area contributed by atoms with E-state index < -0.39 is 11.5 Å². The number of carbonyl (C=O) groups is 1. The van der Waals surface area contributed by atoms with Crippen LogP contribution in [0, 0.1) is 12.8 Å². The van der Waals surface area contributed by atoms with Crippen LogP contribution in [0.2, 0.25) is 0 Å². The Morgan fingerprint density at radius 2 is 1.59 bits per heavy atom. The van der Waals surface area contributed by atoms with Crippen LogP contribution in [0.5, 0.6) is 0 Å². The van der Waals surface area contributed by atoms with Crippen LogP contribution in [0.15, 0.2) is 35.1 Å². The summed E-state index contributed by atoms with van der Waals surface area (Å²) in [6.07, 6.45) is 14.2. The number of aryl methyl sites for hydroxylation is 1. The van der Waals surface area contributed by atoms with Gasteiger partial charge in [0.05, 0.1) is 5.69 Å². The van der Waals surface area contributed by atoms with E-state index in [2.05, 4.69) is 37.0 Å². The van der Waals surface area contributed by atoms with Crippen LogP contribution in [0.4, 0.5) is 5.69 Å². The Balaban J connectivity index is 0.000000841. The number of hydrogen-bond acceptors (Lipinski definition) is 3. The molecule has 0 spiro atoms. The van der Waals surface area contributed by atoms with Gasteiger partial charge in [0.15, 0.2) is 0 Å². The predicted molar refractivity (Wildman–Crippen MR) is 123 cm³/mol. The molecule has 0 aliphatic heterocycles. The van der Waals surface area contributed by atoms with Crippen LogP contribution < -0.4 is 10.9 Å². The molecule has 0 unspecified atom stereocenters. The Morgan fingerprint density at radius 3 is 2.00 bits per heavy atom. The lowest BCUT2D eigenvalue weighted by Crippen LogP contribution is -2.19. The number of carboxylic acid groups (broad SMARTS) is 1. The third-order valence-electron chi connectivity index (χ3n) is 4.25. The lowest BCUT2D eigenvalue weighted by Gasteiger charge is -2.10. The number of terminal acetylenes is 1. The van der Waals surface area contributed by atoms with Crippen LogP contribution in [0.3, 0.4) is 0 Å². The molecule has 0 saturated heterocycles. The van der Waals surface area contributed by atoms with Gasteiger partial charge in [-0.15, -0.1) is 12.8 Å². The summed E-state index contributed by atoms with van der Waals surface area (Å²) in [7, 11) is 0. The van der Waals surface area contributed by atoms with Crippen molar-refractivity contribution < 1.29 is 9.90 Å². The van der Waals surface area contributed by atoms with Crippen molar-refractivity contribution in [3.63, 3.8) is 0 Å². The molecule has 5 nitrogen and oxygen atoms in total. The van der Waals surface area contributed by atoms with Crippen molar-refractivity contribution in [2.75, 3.05) is 11.9 Å². The normalized spacial score (nSPS) is 9.45. The molecule has 1 heterocycles. The Bertz CT molecular complexity index is 801. The van der Waals surface area contributed by atoms with Crippen LogP contribution in [0.1, 0.15) is 69.3 Å². The van der Waals surface area contributed by atoms with Crippen LogP contribution in [-0.2, 0) is 6.42 Å². The minimum absolute atomic E-state index is 0.222. The summed E-state index contributed by atoms with van der Waals surface area (Å²) in [5.74, 6) is -1.21. The number of benzene rings is 1. The number of rotatable bonds is 8. The van der Waals surface area contributed by atoms with Gasteiger partial charge in [0.2, 0.25) is 0 Å². The van der Waals surface area contributed by atoms with Gasteiger partial charge in [-0.3, -0.25) is 4.79 Å². The number of aromatic nitrogens is 1. The molecular formula is C24H34N2O3. The second kappa shape index (κ2) is 15.0. The van der Waals surface area contributed by atoms with Crippen molar-refractivity contribution in [3.05, 3.63) is 51.8 Å². The number of H-pyrrole nitrogens is 1. The van der Waals surface area contributed by atoms with Gasteiger partial charge in [-0.25, -0.2) is 4.79 Å². The maximum atomic E-state index is 11.8. The molecule has 0 radical (unpaired) electrons. The number of aromatic amines is 1. The van der Waals surface area contributed by atoms with Crippen LogP contribution in [-0.4, -0.2) is 22.6 Å². The summed E-state index contributed by atoms with van der Waals surface area (Å²) in [5.41, 5.74) is 2.55. The fraction of sp³-hybridized carbons (Fsp3) is 0.417. The minimum atomic E-state index is -1.21. The highest BCUT2D eigenvalue weighted by Gasteiger charge is 2.14. The van der Waals surface area contributed by atoms with Gasteiger partial charge in [0.1, 0.15) is 5.56 Å². The number of hydrogen-bond donors (Lipinski definition) is 3. The third-order valence-corrected chi connectivity index (χ3v) is 4.25. The van der Waals surface area contributed by atoms with Crippen LogP contribution in [0.25, 0.3) is 11.3 Å². The van der Waals surface area contributed by atoms with E-state index in [9.17, 15) is 9.59 Å². The summed E-state index contributed by atoms with van der Waals surface area (Å²) in [4.78, 5) is 25.6. The van der Waals surface area contributed by atoms with Gasteiger partial charge in [-0.2, -0.15) is 0 Å². The number of anilines is 1. The molecule has 158 valence electrons. The molecule has 3 N–H and O–H groups in total. The van der Waals surface area contributed by atoms with Gasteiger partial charge < -0.3 is 15.4 Å². The van der Waals surface area contributed by atoms with Crippen molar-refractivity contribution in [1.82, 2.24) is 4.98 Å². The van der Waals surface area contributed by atoms with Gasteiger partial charge in [0.25, 0.3) is 5.56 Å². The predicted octanol–water partition coefficient (Wildman–Crippen LogP) is 5.57. The van der Waals surface area contributed by atoms with E-state index in [1.165, 1.54) is 31.7 Å². The number of aromatic carboxylic acids is 1. The van der Waals surface area contributed by atoms with Gasteiger partial charge >= 0.3 is 5.97 Å². The molecule has 1 aromatic carbocycles. The van der Waals surface area contributed by atoms with E-state index in [4.69, 9.17) is 5.11 Å². The van der Waals surface area contributed by atoms with Crippen molar-refractivity contribution in [1.29, 1.82) is 0 Å². The molecule has 0 fully saturated rings. The largest absolute Gasteiger partial charge is 0.477 e. The maximum Gasteiger partial charge on any atom is 0.341 e. The SMILES string of the molecule is C#C.CCCCCC.CCNc1ccc(-c2[nH]c(=O)c(C(=O)O)cc2CC)cc1. The standard InChI is InChI=1S/C16H18N2O3.C6H14.C2H2/c1-3-10-9-13(16(20)21)15(19)18-14(10)11-5-7-12(8-6-11)17-4-2;1-3-5-6-4-2;1-2/h5-9,17H,3-4H2,1-2H3,(H,18,19)(H,20,21);3-6H2,1-2H3;1-2H. The second-order valence-corrected chi connectivity index (χ2v) is 6.39. The molecule has 0 atom stereocenters. The first-order valence-electron chi connectivity index (χ1n) is 10.1. The molecule has 29 heavy (non-hydrogen) atoms. The molecule has 0 amide bonds. The van der Waals surface area contributed by atoms with Crippen molar-refractivity contribution in [3.8, 4) is 24.1 Å². The van der Waals surface area contributed by atoms with E-state index in [0.29, 0.717) is 12.1 Å². The fourth-order valence-corrected chi connectivity index (χ4v) is 2.73. The monoisotopic (exact) mass is 398 g/mol. The third kappa shape index (κ3) is 8.69. The number of nitrogens with one attached hydrogen (secondary N) is 2. The molecule has 0 bridgehead atoms. The Morgan fingerprint density at radius 1 is 1.03 bits per heavy atom. The molecule has 0 saturated carbocycles. The van der Waals surface area contributed by atoms with E-state index >= 15 is 0 Å². The summed E-state index contributed by atoms with van der Waals surface area (Å²) >= 11 is 0. The molecule has 5 heteroatoms. The number of pyridine rings is 1. The topological polar surface area (TPSA) is 82.2 Å². The Kier molecular flexibility index (Phi) is 13.4. The average Bonchev–Trinajstić information content (AvgIpc) is 2.74. The van der Waals surface area contributed by atoms with E-state index in [1.807, 2.05) is 38.1 Å². The number of carboxylic acids is 1. The molecule has 2 rings (SSSR count). The highest BCUT2D eigenvalue weighted by atomic mass is 16.4. The van der Waals surface area contributed by atoms with Gasteiger partial charge in [-0.05, 0) is 42.7 Å². The summed E-state index contributed by atoms with van der Waals surface area (Å²) < 4.78 is 0. The maximum absolute atomic E-state index is 11.8. The average molecular weight is 399 g/mol. The first-order valence-corrected chi connectivity index (χ1v) is 10.1. The Hall–Kier alpha value is -3.00. The van der Waals surface area contributed by atoms with E-state index in [0.717, 1.165) is 23.4 Å². The zero-order valence-electron chi connectivity index (χ0n) is 18.0. The van der Waals surface area contributed by atoms with Gasteiger partial charge in [0, 0.05) is 12.2 Å². The fourth-order valence-electron chi connectivity index (χ4n) is 2.73. The molecule has 0 aliphatic carbocycles. The lowest BCUT2D eigenvalue weighted by atomic mass is 10.0. The molecular weight excluding hydrogens is 364 g/mol.